The molecule has 0 aromatic heterocycles. The second-order valence-electron chi connectivity index (χ2n) is 4.23. The van der Waals surface area contributed by atoms with Crippen LogP contribution in [0.4, 0.5) is 0 Å². The van der Waals surface area contributed by atoms with Gasteiger partial charge in [0.2, 0.25) is 0 Å². The quantitative estimate of drug-likeness (QED) is 0.680. The van der Waals surface area contributed by atoms with Crippen LogP contribution in [0.5, 0.6) is 0 Å². The molecule has 0 amide bonds. The predicted octanol–water partition coefficient (Wildman–Crippen LogP) is 4.15. The first-order valence-corrected chi connectivity index (χ1v) is 6.08. The number of hydrogen-bond acceptors (Lipinski definition) is 1. The van der Waals surface area contributed by atoms with Crippen LogP contribution in [0.25, 0.3) is 6.08 Å². The molecule has 0 saturated heterocycles. The molecule has 0 aliphatic heterocycles. The van der Waals surface area contributed by atoms with E-state index in [0.717, 1.165) is 12.0 Å². The van der Waals surface area contributed by atoms with Gasteiger partial charge in [-0.15, -0.1) is 0 Å². The normalized spacial score (nSPS) is 11.4. The molecule has 1 heteroatoms. The van der Waals surface area contributed by atoms with Crippen LogP contribution in [0.1, 0.15) is 28.4 Å². The maximum Gasteiger partial charge on any atom is 0.159 e. The Balaban J connectivity index is 0.000000134. The molecule has 0 bridgehead atoms. The summed E-state index contributed by atoms with van der Waals surface area (Å²) < 4.78 is 0. The Hall–Kier alpha value is -2.15. The summed E-state index contributed by atoms with van der Waals surface area (Å²) in [5.74, 6) is 0.121. The number of carbonyl (C=O) groups is 1. The van der Waals surface area contributed by atoms with Gasteiger partial charge in [-0.2, -0.15) is 0 Å². The first kappa shape index (κ1) is 12.3. The van der Waals surface area contributed by atoms with E-state index in [-0.39, 0.29) is 5.78 Å². The minimum atomic E-state index is 0.121. The molecule has 3 rings (SSSR count). The average Bonchev–Trinajstić information content (AvgIpc) is 2.89. The van der Waals surface area contributed by atoms with Crippen molar-refractivity contribution < 1.29 is 4.79 Å². The van der Waals surface area contributed by atoms with Crippen LogP contribution in [0.15, 0.2) is 60.7 Å². The third kappa shape index (κ3) is 3.17. The van der Waals surface area contributed by atoms with Gasteiger partial charge < -0.3 is 0 Å². The summed E-state index contributed by atoms with van der Waals surface area (Å²) in [7, 11) is 0. The number of ketones is 1. The van der Waals surface area contributed by atoms with Crippen molar-refractivity contribution in [1.82, 2.24) is 0 Å². The van der Waals surface area contributed by atoms with Crippen LogP contribution in [0.2, 0.25) is 0 Å². The van der Waals surface area contributed by atoms with Crippen molar-refractivity contribution >= 4 is 11.9 Å². The van der Waals surface area contributed by atoms with Crippen molar-refractivity contribution in [2.24, 2.45) is 0 Å². The van der Waals surface area contributed by atoms with Gasteiger partial charge in [-0.3, -0.25) is 4.79 Å². The largest absolute Gasteiger partial charge is 0.295 e. The van der Waals surface area contributed by atoms with Crippen molar-refractivity contribution in [3.63, 3.8) is 0 Å². The van der Waals surface area contributed by atoms with E-state index in [1.807, 2.05) is 30.3 Å². The van der Waals surface area contributed by atoms with Crippen LogP contribution in [-0.2, 0) is 6.42 Å². The number of rotatable bonds is 1. The van der Waals surface area contributed by atoms with Gasteiger partial charge in [-0.1, -0.05) is 66.7 Å². The SMILES string of the molecule is C1=Cc2ccccc2C1.CC(=O)c1ccccc1. The maximum absolute atomic E-state index is 10.6. The minimum Gasteiger partial charge on any atom is -0.295 e. The molecule has 1 nitrogen and oxygen atoms in total. The van der Waals surface area contributed by atoms with Gasteiger partial charge in [0.05, 0.1) is 0 Å². The van der Waals surface area contributed by atoms with Crippen molar-refractivity contribution in [3.8, 4) is 0 Å². The van der Waals surface area contributed by atoms with E-state index in [1.165, 1.54) is 11.1 Å². The Morgan fingerprint density at radius 2 is 1.61 bits per heavy atom. The van der Waals surface area contributed by atoms with Gasteiger partial charge in [0, 0.05) is 5.56 Å². The fraction of sp³-hybridized carbons (Fsp3) is 0.118. The Labute approximate surface area is 108 Å². The van der Waals surface area contributed by atoms with Gasteiger partial charge in [0.25, 0.3) is 0 Å². The Morgan fingerprint density at radius 1 is 0.944 bits per heavy atom. The van der Waals surface area contributed by atoms with Crippen LogP contribution in [-0.4, -0.2) is 5.78 Å². The Bertz CT molecular complexity index is 553. The molecule has 1 aliphatic carbocycles. The molecular weight excluding hydrogens is 220 g/mol. The number of hydrogen-bond donors (Lipinski definition) is 0. The molecule has 2 aromatic carbocycles. The lowest BCUT2D eigenvalue weighted by atomic mass is 10.1. The van der Waals surface area contributed by atoms with Crippen molar-refractivity contribution in [3.05, 3.63) is 77.4 Å². The highest BCUT2D eigenvalue weighted by Gasteiger charge is 2.00. The molecule has 2 aromatic rings. The van der Waals surface area contributed by atoms with Gasteiger partial charge in [0.15, 0.2) is 5.78 Å². The average molecular weight is 236 g/mol. The summed E-state index contributed by atoms with van der Waals surface area (Å²) >= 11 is 0. The Morgan fingerprint density at radius 3 is 2.22 bits per heavy atom. The highest BCUT2D eigenvalue weighted by Crippen LogP contribution is 2.17. The van der Waals surface area contributed by atoms with Crippen molar-refractivity contribution in [1.29, 1.82) is 0 Å². The second-order valence-corrected chi connectivity index (χ2v) is 4.23. The molecule has 0 saturated carbocycles. The molecule has 0 atom stereocenters. The van der Waals surface area contributed by atoms with Crippen LogP contribution < -0.4 is 0 Å². The maximum atomic E-state index is 10.6. The Kier molecular flexibility index (Phi) is 4.08. The topological polar surface area (TPSA) is 17.1 Å². The fourth-order valence-electron chi connectivity index (χ4n) is 1.87. The molecule has 18 heavy (non-hydrogen) atoms. The van der Waals surface area contributed by atoms with E-state index in [0.29, 0.717) is 0 Å². The third-order valence-electron chi connectivity index (χ3n) is 2.87. The number of Topliss-reactive ketones (excluding diaryl/α,β-unsaturated/α-hetero) is 1. The van der Waals surface area contributed by atoms with Crippen molar-refractivity contribution in [2.75, 3.05) is 0 Å². The van der Waals surface area contributed by atoms with Gasteiger partial charge in [-0.25, -0.2) is 0 Å². The number of carbonyl (C=O) groups excluding carboxylic acids is 1. The molecule has 0 N–H and O–H groups in total. The highest BCUT2D eigenvalue weighted by molar-refractivity contribution is 5.93. The summed E-state index contributed by atoms with van der Waals surface area (Å²) in [6, 6.07) is 17.7. The summed E-state index contributed by atoms with van der Waals surface area (Å²) in [4.78, 5) is 10.6. The molecular formula is C17H16O. The monoisotopic (exact) mass is 236 g/mol. The zero-order valence-corrected chi connectivity index (χ0v) is 10.5. The van der Waals surface area contributed by atoms with E-state index >= 15 is 0 Å². The standard InChI is InChI=1S/C9H8.C8H8O/c1-2-5-9-7-3-6-8(9)4-1;1-7(9)8-5-3-2-4-6-8/h1-6H,7H2;2-6H,1H3. The first-order valence-electron chi connectivity index (χ1n) is 6.08. The summed E-state index contributed by atoms with van der Waals surface area (Å²) in [5, 5.41) is 0. The van der Waals surface area contributed by atoms with Gasteiger partial charge in [-0.05, 0) is 24.5 Å². The molecule has 0 radical (unpaired) electrons. The lowest BCUT2D eigenvalue weighted by Gasteiger charge is -1.93. The summed E-state index contributed by atoms with van der Waals surface area (Å²) in [6.45, 7) is 1.56. The third-order valence-corrected chi connectivity index (χ3v) is 2.87. The smallest absolute Gasteiger partial charge is 0.159 e. The van der Waals surface area contributed by atoms with Gasteiger partial charge >= 0.3 is 0 Å². The number of benzene rings is 2. The molecule has 0 spiro atoms. The molecule has 0 unspecified atom stereocenters. The zero-order chi connectivity index (χ0) is 12.8. The number of fused-ring (bicyclic) bond motifs is 1. The van der Waals surface area contributed by atoms with E-state index in [2.05, 4.69) is 36.4 Å². The summed E-state index contributed by atoms with van der Waals surface area (Å²) in [5.41, 5.74) is 3.62. The van der Waals surface area contributed by atoms with E-state index in [4.69, 9.17) is 0 Å². The molecule has 90 valence electrons. The van der Waals surface area contributed by atoms with Crippen molar-refractivity contribution in [2.45, 2.75) is 13.3 Å². The second kappa shape index (κ2) is 5.97. The zero-order valence-electron chi connectivity index (χ0n) is 10.5. The molecule has 0 heterocycles. The van der Waals surface area contributed by atoms with E-state index < -0.39 is 0 Å². The fourth-order valence-corrected chi connectivity index (χ4v) is 1.87. The number of allylic oxidation sites excluding steroid dienone is 1. The van der Waals surface area contributed by atoms with Crippen LogP contribution in [0, 0.1) is 0 Å². The lowest BCUT2D eigenvalue weighted by molar-refractivity contribution is 0.101. The predicted molar refractivity (Wildman–Crippen MR) is 75.6 cm³/mol. The van der Waals surface area contributed by atoms with Crippen LogP contribution in [0.3, 0.4) is 0 Å². The summed E-state index contributed by atoms with van der Waals surface area (Å²) in [6.07, 6.45) is 5.50. The van der Waals surface area contributed by atoms with Gasteiger partial charge in [0.1, 0.15) is 0 Å². The minimum absolute atomic E-state index is 0.121. The lowest BCUT2D eigenvalue weighted by Crippen LogP contribution is -1.88. The molecule has 0 fully saturated rings. The first-order chi connectivity index (χ1) is 8.77. The van der Waals surface area contributed by atoms with Crippen LogP contribution >= 0.6 is 0 Å². The molecule has 1 aliphatic rings. The van der Waals surface area contributed by atoms with E-state index in [9.17, 15) is 4.79 Å². The highest BCUT2D eigenvalue weighted by atomic mass is 16.1. The van der Waals surface area contributed by atoms with E-state index in [1.54, 1.807) is 6.92 Å².